The summed E-state index contributed by atoms with van der Waals surface area (Å²) in [4.78, 5) is 15.9. The second-order valence-electron chi connectivity index (χ2n) is 2.90. The topological polar surface area (TPSA) is 93.8 Å². The highest BCUT2D eigenvalue weighted by atomic mass is 32.1. The normalized spacial score (nSPS) is 10.3. The molecule has 2 heterocycles. The van der Waals surface area contributed by atoms with Gasteiger partial charge in [-0.05, 0) is 6.54 Å². The standard InChI is InChI=1S/C8H9N5OS2/c9-2-1-6-11-5(4-15-6)8(14)12-7-3-10-13-16-7/h3-4H,1-2,9H2,(H,12,14). The van der Waals surface area contributed by atoms with Crippen molar-refractivity contribution in [2.24, 2.45) is 5.73 Å². The van der Waals surface area contributed by atoms with Crippen molar-refractivity contribution in [1.82, 2.24) is 14.6 Å². The Morgan fingerprint density at radius 1 is 1.56 bits per heavy atom. The van der Waals surface area contributed by atoms with Crippen LogP contribution in [0.5, 0.6) is 0 Å². The molecule has 0 unspecified atom stereocenters. The Labute approximate surface area is 99.7 Å². The molecule has 2 aromatic heterocycles. The number of aromatic nitrogens is 3. The number of nitrogens with two attached hydrogens (primary N) is 1. The molecule has 0 aliphatic carbocycles. The molecule has 8 heteroatoms. The number of nitrogens with one attached hydrogen (secondary N) is 1. The zero-order valence-corrected chi connectivity index (χ0v) is 9.85. The summed E-state index contributed by atoms with van der Waals surface area (Å²) in [5.41, 5.74) is 5.81. The maximum absolute atomic E-state index is 11.7. The number of carbonyl (C=O) groups is 1. The molecule has 0 saturated heterocycles. The van der Waals surface area contributed by atoms with Crippen LogP contribution in [-0.2, 0) is 6.42 Å². The summed E-state index contributed by atoms with van der Waals surface area (Å²) in [6.45, 7) is 0.535. The summed E-state index contributed by atoms with van der Waals surface area (Å²) in [5, 5.41) is 9.48. The predicted molar refractivity (Wildman–Crippen MR) is 62.7 cm³/mol. The maximum atomic E-state index is 11.7. The monoisotopic (exact) mass is 255 g/mol. The Balaban J connectivity index is 2.03. The van der Waals surface area contributed by atoms with Crippen molar-refractivity contribution in [3.05, 3.63) is 22.3 Å². The minimum atomic E-state index is -0.245. The Bertz CT molecular complexity index is 466. The van der Waals surface area contributed by atoms with Crippen LogP contribution in [0.15, 0.2) is 11.6 Å². The fourth-order valence-corrected chi connectivity index (χ4v) is 2.26. The van der Waals surface area contributed by atoms with E-state index in [0.717, 1.165) is 16.5 Å². The van der Waals surface area contributed by atoms with Crippen LogP contribution in [0, 0.1) is 0 Å². The molecule has 3 N–H and O–H groups in total. The zero-order valence-electron chi connectivity index (χ0n) is 8.21. The first-order valence-corrected chi connectivity index (χ1v) is 6.18. The van der Waals surface area contributed by atoms with Crippen LogP contribution in [0.1, 0.15) is 15.5 Å². The molecule has 2 rings (SSSR count). The Morgan fingerprint density at radius 3 is 3.12 bits per heavy atom. The van der Waals surface area contributed by atoms with Crippen LogP contribution in [-0.4, -0.2) is 27.0 Å². The molecule has 0 aromatic carbocycles. The van der Waals surface area contributed by atoms with E-state index in [-0.39, 0.29) is 5.91 Å². The lowest BCUT2D eigenvalue weighted by Crippen LogP contribution is -2.11. The first kappa shape index (κ1) is 11.1. The van der Waals surface area contributed by atoms with Gasteiger partial charge in [-0.3, -0.25) is 4.79 Å². The highest BCUT2D eigenvalue weighted by Gasteiger charge is 2.11. The maximum Gasteiger partial charge on any atom is 0.275 e. The highest BCUT2D eigenvalue weighted by molar-refractivity contribution is 7.10. The van der Waals surface area contributed by atoms with Crippen LogP contribution in [0.2, 0.25) is 0 Å². The third-order valence-corrected chi connectivity index (χ3v) is 3.23. The van der Waals surface area contributed by atoms with Crippen molar-refractivity contribution >= 4 is 33.8 Å². The van der Waals surface area contributed by atoms with Gasteiger partial charge in [-0.25, -0.2) is 4.98 Å². The van der Waals surface area contributed by atoms with Crippen LogP contribution in [0.3, 0.4) is 0 Å². The van der Waals surface area contributed by atoms with Gasteiger partial charge >= 0.3 is 0 Å². The first-order valence-electron chi connectivity index (χ1n) is 4.53. The van der Waals surface area contributed by atoms with E-state index in [0.29, 0.717) is 23.7 Å². The summed E-state index contributed by atoms with van der Waals surface area (Å²) < 4.78 is 3.65. The highest BCUT2D eigenvalue weighted by Crippen LogP contribution is 2.14. The average molecular weight is 255 g/mol. The summed E-state index contributed by atoms with van der Waals surface area (Å²) in [6.07, 6.45) is 2.19. The van der Waals surface area contributed by atoms with Crippen molar-refractivity contribution in [2.75, 3.05) is 11.9 Å². The Morgan fingerprint density at radius 2 is 2.44 bits per heavy atom. The van der Waals surface area contributed by atoms with E-state index in [1.165, 1.54) is 17.5 Å². The molecule has 0 fully saturated rings. The predicted octanol–water partition coefficient (Wildman–Crippen LogP) is 0.748. The van der Waals surface area contributed by atoms with Crippen LogP contribution < -0.4 is 11.1 Å². The number of thiazole rings is 1. The molecular formula is C8H9N5OS2. The van der Waals surface area contributed by atoms with Gasteiger partial charge in [0.05, 0.1) is 11.2 Å². The minimum absolute atomic E-state index is 0.245. The lowest BCUT2D eigenvalue weighted by Gasteiger charge is -1.96. The lowest BCUT2D eigenvalue weighted by molar-refractivity contribution is 0.102. The molecule has 0 spiro atoms. The summed E-state index contributed by atoms with van der Waals surface area (Å²) in [5.74, 6) is -0.245. The molecule has 0 bridgehead atoms. The van der Waals surface area contributed by atoms with Gasteiger partial charge in [-0.15, -0.1) is 16.4 Å². The number of carbonyl (C=O) groups excluding carboxylic acids is 1. The van der Waals surface area contributed by atoms with Crippen molar-refractivity contribution < 1.29 is 4.79 Å². The quantitative estimate of drug-likeness (QED) is 0.840. The number of nitrogens with zero attached hydrogens (tertiary/aromatic N) is 3. The molecular weight excluding hydrogens is 246 g/mol. The van der Waals surface area contributed by atoms with Crippen molar-refractivity contribution in [3.8, 4) is 0 Å². The molecule has 0 saturated carbocycles. The summed E-state index contributed by atoms with van der Waals surface area (Å²) >= 11 is 2.56. The first-order chi connectivity index (χ1) is 7.79. The van der Waals surface area contributed by atoms with E-state index in [4.69, 9.17) is 5.73 Å². The van der Waals surface area contributed by atoms with Gasteiger partial charge in [-0.2, -0.15) is 0 Å². The van der Waals surface area contributed by atoms with E-state index in [9.17, 15) is 4.79 Å². The third-order valence-electron chi connectivity index (χ3n) is 1.74. The fourth-order valence-electron chi connectivity index (χ4n) is 1.05. The van der Waals surface area contributed by atoms with Crippen molar-refractivity contribution in [3.63, 3.8) is 0 Å². The lowest BCUT2D eigenvalue weighted by atomic mass is 10.4. The smallest absolute Gasteiger partial charge is 0.275 e. The zero-order chi connectivity index (χ0) is 11.4. The van der Waals surface area contributed by atoms with Gasteiger partial charge in [0.1, 0.15) is 10.7 Å². The average Bonchev–Trinajstić information content (AvgIpc) is 2.89. The van der Waals surface area contributed by atoms with Gasteiger partial charge in [0.2, 0.25) is 0 Å². The largest absolute Gasteiger partial charge is 0.330 e. The van der Waals surface area contributed by atoms with Gasteiger partial charge in [0, 0.05) is 23.3 Å². The molecule has 0 atom stereocenters. The number of rotatable bonds is 4. The van der Waals surface area contributed by atoms with Gasteiger partial charge < -0.3 is 11.1 Å². The summed E-state index contributed by atoms with van der Waals surface area (Å²) in [6, 6.07) is 0. The second kappa shape index (κ2) is 5.10. The number of amides is 1. The van der Waals surface area contributed by atoms with Crippen LogP contribution >= 0.6 is 22.9 Å². The Hall–Kier alpha value is -1.38. The number of hydrogen-bond acceptors (Lipinski definition) is 7. The van der Waals surface area contributed by atoms with E-state index in [1.807, 2.05) is 0 Å². The second-order valence-corrected chi connectivity index (χ2v) is 4.63. The minimum Gasteiger partial charge on any atom is -0.330 e. The molecule has 0 aliphatic heterocycles. The van der Waals surface area contributed by atoms with E-state index in [1.54, 1.807) is 5.38 Å². The molecule has 0 radical (unpaired) electrons. The van der Waals surface area contributed by atoms with E-state index < -0.39 is 0 Å². The summed E-state index contributed by atoms with van der Waals surface area (Å²) in [7, 11) is 0. The third kappa shape index (κ3) is 2.60. The van der Waals surface area contributed by atoms with Crippen molar-refractivity contribution in [2.45, 2.75) is 6.42 Å². The molecule has 0 aliphatic rings. The molecule has 1 amide bonds. The van der Waals surface area contributed by atoms with Crippen LogP contribution in [0.25, 0.3) is 0 Å². The number of hydrogen-bond donors (Lipinski definition) is 2. The molecule has 2 aromatic rings. The fraction of sp³-hybridized carbons (Fsp3) is 0.250. The van der Waals surface area contributed by atoms with E-state index in [2.05, 4.69) is 19.9 Å². The van der Waals surface area contributed by atoms with Gasteiger partial charge in [-0.1, -0.05) is 4.49 Å². The molecule has 6 nitrogen and oxygen atoms in total. The molecule has 16 heavy (non-hydrogen) atoms. The van der Waals surface area contributed by atoms with E-state index >= 15 is 0 Å². The van der Waals surface area contributed by atoms with Gasteiger partial charge in [0.25, 0.3) is 5.91 Å². The van der Waals surface area contributed by atoms with Gasteiger partial charge in [0.15, 0.2) is 0 Å². The SMILES string of the molecule is NCCc1nc(C(=O)Nc2cnns2)cs1. The Kier molecular flexibility index (Phi) is 3.54. The molecule has 84 valence electrons. The van der Waals surface area contributed by atoms with Crippen LogP contribution in [0.4, 0.5) is 5.00 Å². The number of anilines is 1. The van der Waals surface area contributed by atoms with Crippen molar-refractivity contribution in [1.29, 1.82) is 0 Å².